The summed E-state index contributed by atoms with van der Waals surface area (Å²) in [4.78, 5) is 11.1. The van der Waals surface area contributed by atoms with Gasteiger partial charge in [0.2, 0.25) is 0 Å². The SMILES string of the molecule is O=C(O)C(COc1ccc2c(c1)CCC2)NC1CC1. The lowest BCUT2D eigenvalue weighted by Crippen LogP contribution is -2.42. The molecule has 2 N–H and O–H groups in total. The van der Waals surface area contributed by atoms with Crippen LogP contribution in [0, 0.1) is 0 Å². The molecule has 1 unspecified atom stereocenters. The van der Waals surface area contributed by atoms with Gasteiger partial charge in [0.15, 0.2) is 0 Å². The van der Waals surface area contributed by atoms with E-state index in [1.807, 2.05) is 6.07 Å². The summed E-state index contributed by atoms with van der Waals surface area (Å²) >= 11 is 0. The number of benzene rings is 1. The first-order chi connectivity index (χ1) is 9.22. The van der Waals surface area contributed by atoms with E-state index in [1.54, 1.807) is 0 Å². The molecule has 0 spiro atoms. The van der Waals surface area contributed by atoms with Crippen LogP contribution in [0.4, 0.5) is 0 Å². The molecule has 2 aliphatic carbocycles. The van der Waals surface area contributed by atoms with Gasteiger partial charge in [0, 0.05) is 6.04 Å². The smallest absolute Gasteiger partial charge is 0.324 e. The summed E-state index contributed by atoms with van der Waals surface area (Å²) in [7, 11) is 0. The van der Waals surface area contributed by atoms with E-state index in [9.17, 15) is 4.79 Å². The summed E-state index contributed by atoms with van der Waals surface area (Å²) in [5, 5.41) is 12.2. The Morgan fingerprint density at radius 3 is 2.89 bits per heavy atom. The molecule has 1 aromatic rings. The molecule has 102 valence electrons. The highest BCUT2D eigenvalue weighted by atomic mass is 16.5. The third-order valence-corrected chi connectivity index (χ3v) is 3.80. The zero-order valence-electron chi connectivity index (χ0n) is 10.9. The van der Waals surface area contributed by atoms with Crippen molar-refractivity contribution in [2.45, 2.75) is 44.2 Å². The molecular weight excluding hydrogens is 242 g/mol. The summed E-state index contributed by atoms with van der Waals surface area (Å²) in [6.45, 7) is 0.185. The Hall–Kier alpha value is -1.55. The van der Waals surface area contributed by atoms with Gasteiger partial charge in [-0.3, -0.25) is 10.1 Å². The molecule has 1 fully saturated rings. The summed E-state index contributed by atoms with van der Waals surface area (Å²) < 4.78 is 5.64. The second-order valence-corrected chi connectivity index (χ2v) is 5.43. The van der Waals surface area contributed by atoms with Crippen LogP contribution in [0.2, 0.25) is 0 Å². The van der Waals surface area contributed by atoms with Gasteiger partial charge < -0.3 is 9.84 Å². The lowest BCUT2D eigenvalue weighted by atomic mass is 10.1. The molecule has 0 aliphatic heterocycles. The van der Waals surface area contributed by atoms with Crippen LogP contribution in [-0.4, -0.2) is 29.8 Å². The van der Waals surface area contributed by atoms with Crippen molar-refractivity contribution < 1.29 is 14.6 Å². The summed E-state index contributed by atoms with van der Waals surface area (Å²) in [6.07, 6.45) is 5.61. The fourth-order valence-corrected chi connectivity index (χ4v) is 2.54. The minimum atomic E-state index is -0.840. The number of fused-ring (bicyclic) bond motifs is 1. The highest BCUT2D eigenvalue weighted by Crippen LogP contribution is 2.26. The van der Waals surface area contributed by atoms with Crippen molar-refractivity contribution in [1.82, 2.24) is 5.32 Å². The van der Waals surface area contributed by atoms with Crippen molar-refractivity contribution in [2.24, 2.45) is 0 Å². The lowest BCUT2D eigenvalue weighted by Gasteiger charge is -2.15. The van der Waals surface area contributed by atoms with Crippen molar-refractivity contribution in [1.29, 1.82) is 0 Å². The number of carbonyl (C=O) groups is 1. The van der Waals surface area contributed by atoms with Crippen LogP contribution in [-0.2, 0) is 17.6 Å². The molecule has 0 heterocycles. The van der Waals surface area contributed by atoms with Gasteiger partial charge in [-0.1, -0.05) is 6.07 Å². The lowest BCUT2D eigenvalue weighted by molar-refractivity contribution is -0.140. The average Bonchev–Trinajstić information content (AvgIpc) is 3.09. The molecule has 1 aromatic carbocycles. The highest BCUT2D eigenvalue weighted by Gasteiger charge is 2.28. The van der Waals surface area contributed by atoms with Gasteiger partial charge >= 0.3 is 5.97 Å². The van der Waals surface area contributed by atoms with Crippen LogP contribution in [0.1, 0.15) is 30.4 Å². The molecule has 4 heteroatoms. The predicted octanol–water partition coefficient (Wildman–Crippen LogP) is 1.76. The number of carboxylic acid groups (broad SMARTS) is 1. The van der Waals surface area contributed by atoms with Crippen molar-refractivity contribution in [2.75, 3.05) is 6.61 Å². The second-order valence-electron chi connectivity index (χ2n) is 5.43. The Bertz CT molecular complexity index is 482. The Morgan fingerprint density at radius 1 is 1.37 bits per heavy atom. The molecule has 0 aromatic heterocycles. The van der Waals surface area contributed by atoms with Gasteiger partial charge in [-0.05, 0) is 55.4 Å². The van der Waals surface area contributed by atoms with E-state index >= 15 is 0 Å². The van der Waals surface area contributed by atoms with E-state index in [4.69, 9.17) is 9.84 Å². The molecule has 0 saturated heterocycles. The normalized spacial score (nSPS) is 18.9. The number of hydrogen-bond acceptors (Lipinski definition) is 3. The first-order valence-corrected chi connectivity index (χ1v) is 6.96. The summed E-state index contributed by atoms with van der Waals surface area (Å²) in [6, 6.07) is 5.85. The minimum absolute atomic E-state index is 0.185. The zero-order chi connectivity index (χ0) is 13.2. The molecule has 0 radical (unpaired) electrons. The van der Waals surface area contributed by atoms with Crippen molar-refractivity contribution in [3.63, 3.8) is 0 Å². The molecular formula is C15H19NO3. The van der Waals surface area contributed by atoms with Crippen molar-refractivity contribution >= 4 is 5.97 Å². The summed E-state index contributed by atoms with van der Waals surface area (Å²) in [5.74, 6) is -0.0578. The average molecular weight is 261 g/mol. The van der Waals surface area contributed by atoms with Gasteiger partial charge in [-0.15, -0.1) is 0 Å². The highest BCUT2D eigenvalue weighted by molar-refractivity contribution is 5.73. The first-order valence-electron chi connectivity index (χ1n) is 6.96. The standard InChI is InChI=1S/C15H19NO3/c17-15(18)14(16-12-5-6-12)9-19-13-7-4-10-2-1-3-11(10)8-13/h4,7-8,12,14,16H,1-3,5-6,9H2,(H,17,18). The van der Waals surface area contributed by atoms with E-state index < -0.39 is 12.0 Å². The molecule has 4 nitrogen and oxygen atoms in total. The second kappa shape index (κ2) is 5.21. The molecule has 0 amide bonds. The largest absolute Gasteiger partial charge is 0.491 e. The Labute approximate surface area is 112 Å². The third kappa shape index (κ3) is 3.07. The number of ether oxygens (including phenoxy) is 1. The molecule has 1 saturated carbocycles. The fourth-order valence-electron chi connectivity index (χ4n) is 2.54. The number of carboxylic acids is 1. The maximum absolute atomic E-state index is 11.1. The quantitative estimate of drug-likeness (QED) is 0.819. The first kappa shape index (κ1) is 12.5. The van der Waals surface area contributed by atoms with Gasteiger partial charge in [-0.25, -0.2) is 0 Å². The summed E-state index contributed by atoms with van der Waals surface area (Å²) in [5.41, 5.74) is 2.75. The monoisotopic (exact) mass is 261 g/mol. The van der Waals surface area contributed by atoms with Gasteiger partial charge in [0.25, 0.3) is 0 Å². The van der Waals surface area contributed by atoms with E-state index in [0.717, 1.165) is 31.4 Å². The number of hydrogen-bond donors (Lipinski definition) is 2. The third-order valence-electron chi connectivity index (χ3n) is 3.80. The number of nitrogens with one attached hydrogen (secondary N) is 1. The Morgan fingerprint density at radius 2 is 2.16 bits per heavy atom. The predicted molar refractivity (Wildman–Crippen MR) is 71.5 cm³/mol. The van der Waals surface area contributed by atoms with E-state index in [-0.39, 0.29) is 6.61 Å². The molecule has 19 heavy (non-hydrogen) atoms. The zero-order valence-corrected chi connectivity index (χ0v) is 10.9. The number of rotatable bonds is 6. The maximum atomic E-state index is 11.1. The van der Waals surface area contributed by atoms with Gasteiger partial charge in [0.1, 0.15) is 18.4 Å². The minimum Gasteiger partial charge on any atom is -0.491 e. The van der Waals surface area contributed by atoms with Crippen LogP contribution in [0.25, 0.3) is 0 Å². The van der Waals surface area contributed by atoms with Crippen LogP contribution in [0.5, 0.6) is 5.75 Å². The van der Waals surface area contributed by atoms with Crippen molar-refractivity contribution in [3.05, 3.63) is 29.3 Å². The van der Waals surface area contributed by atoms with Crippen LogP contribution in [0.15, 0.2) is 18.2 Å². The fraction of sp³-hybridized carbons (Fsp3) is 0.533. The Kier molecular flexibility index (Phi) is 3.42. The maximum Gasteiger partial charge on any atom is 0.324 e. The van der Waals surface area contributed by atoms with Gasteiger partial charge in [-0.2, -0.15) is 0 Å². The van der Waals surface area contributed by atoms with Crippen LogP contribution in [0.3, 0.4) is 0 Å². The topological polar surface area (TPSA) is 58.6 Å². The van der Waals surface area contributed by atoms with E-state index in [2.05, 4.69) is 17.4 Å². The number of aryl methyl sites for hydroxylation is 2. The van der Waals surface area contributed by atoms with Crippen molar-refractivity contribution in [3.8, 4) is 5.75 Å². The van der Waals surface area contributed by atoms with Crippen LogP contribution >= 0.6 is 0 Å². The molecule has 2 aliphatic rings. The van der Waals surface area contributed by atoms with E-state index in [0.29, 0.717) is 6.04 Å². The Balaban J connectivity index is 1.59. The number of aliphatic carboxylic acids is 1. The molecule has 0 bridgehead atoms. The molecule has 1 atom stereocenters. The van der Waals surface area contributed by atoms with Crippen LogP contribution < -0.4 is 10.1 Å². The van der Waals surface area contributed by atoms with Gasteiger partial charge in [0.05, 0.1) is 0 Å². The van der Waals surface area contributed by atoms with E-state index in [1.165, 1.54) is 17.5 Å². The molecule has 3 rings (SSSR count).